The SMILES string of the molecule is CSCc1ccc(CNC(C)c2ccc(C#N)cc2)o1. The van der Waals surface area contributed by atoms with Crippen molar-refractivity contribution in [1.82, 2.24) is 5.32 Å². The van der Waals surface area contributed by atoms with Gasteiger partial charge in [0.05, 0.1) is 23.9 Å². The van der Waals surface area contributed by atoms with Crippen LogP contribution in [0.4, 0.5) is 0 Å². The highest BCUT2D eigenvalue weighted by Crippen LogP contribution is 2.16. The molecule has 104 valence electrons. The quantitative estimate of drug-likeness (QED) is 0.876. The van der Waals surface area contributed by atoms with Gasteiger partial charge in [0.15, 0.2) is 0 Å². The summed E-state index contributed by atoms with van der Waals surface area (Å²) < 4.78 is 5.72. The lowest BCUT2D eigenvalue weighted by Gasteiger charge is -2.13. The number of furan rings is 1. The van der Waals surface area contributed by atoms with Crippen LogP contribution in [-0.2, 0) is 12.3 Å². The van der Waals surface area contributed by atoms with Gasteiger partial charge >= 0.3 is 0 Å². The van der Waals surface area contributed by atoms with Crippen LogP contribution in [0.1, 0.15) is 35.6 Å². The maximum Gasteiger partial charge on any atom is 0.118 e. The fourth-order valence-electron chi connectivity index (χ4n) is 1.96. The standard InChI is InChI=1S/C16H18N2OS/c1-12(14-5-3-13(9-17)4-6-14)18-10-15-7-8-16(19-15)11-20-2/h3-8,12,18H,10-11H2,1-2H3. The summed E-state index contributed by atoms with van der Waals surface area (Å²) in [5.41, 5.74) is 1.86. The molecule has 20 heavy (non-hydrogen) atoms. The van der Waals surface area contributed by atoms with Crippen LogP contribution in [0.3, 0.4) is 0 Å². The first kappa shape index (κ1) is 14.7. The van der Waals surface area contributed by atoms with Gasteiger partial charge in [-0.1, -0.05) is 12.1 Å². The first-order valence-electron chi connectivity index (χ1n) is 6.53. The summed E-state index contributed by atoms with van der Waals surface area (Å²) in [7, 11) is 0. The van der Waals surface area contributed by atoms with Crippen molar-refractivity contribution in [3.63, 3.8) is 0 Å². The third kappa shape index (κ3) is 3.89. The maximum atomic E-state index is 8.79. The first-order valence-corrected chi connectivity index (χ1v) is 7.92. The van der Waals surface area contributed by atoms with E-state index < -0.39 is 0 Å². The zero-order valence-electron chi connectivity index (χ0n) is 11.7. The molecular weight excluding hydrogens is 268 g/mol. The molecular formula is C16H18N2OS. The number of benzene rings is 1. The van der Waals surface area contributed by atoms with Gasteiger partial charge in [-0.15, -0.1) is 0 Å². The number of rotatable bonds is 6. The maximum absolute atomic E-state index is 8.79. The molecule has 1 aromatic heterocycles. The second-order valence-electron chi connectivity index (χ2n) is 4.64. The Morgan fingerprint density at radius 2 is 1.90 bits per heavy atom. The lowest BCUT2D eigenvalue weighted by Crippen LogP contribution is -2.17. The van der Waals surface area contributed by atoms with Crippen molar-refractivity contribution >= 4 is 11.8 Å². The topological polar surface area (TPSA) is 49.0 Å². The fourth-order valence-corrected chi connectivity index (χ4v) is 2.39. The Hall–Kier alpha value is -1.70. The normalized spacial score (nSPS) is 12.1. The van der Waals surface area contributed by atoms with Gasteiger partial charge in [0.2, 0.25) is 0 Å². The average molecular weight is 286 g/mol. The highest BCUT2D eigenvalue weighted by atomic mass is 32.2. The molecule has 0 radical (unpaired) electrons. The van der Waals surface area contributed by atoms with E-state index in [2.05, 4.69) is 24.6 Å². The van der Waals surface area contributed by atoms with Gasteiger partial charge in [0, 0.05) is 6.04 Å². The monoisotopic (exact) mass is 286 g/mol. The van der Waals surface area contributed by atoms with Crippen molar-refractivity contribution in [2.75, 3.05) is 6.26 Å². The summed E-state index contributed by atoms with van der Waals surface area (Å²) in [4.78, 5) is 0. The van der Waals surface area contributed by atoms with E-state index in [0.717, 1.165) is 17.3 Å². The third-order valence-electron chi connectivity index (χ3n) is 3.13. The Bertz CT molecular complexity index is 583. The van der Waals surface area contributed by atoms with Crippen molar-refractivity contribution in [2.24, 2.45) is 0 Å². The van der Waals surface area contributed by atoms with E-state index in [1.54, 1.807) is 11.8 Å². The molecule has 3 nitrogen and oxygen atoms in total. The largest absolute Gasteiger partial charge is 0.464 e. The minimum atomic E-state index is 0.219. The number of thioether (sulfide) groups is 1. The average Bonchev–Trinajstić information content (AvgIpc) is 2.93. The van der Waals surface area contributed by atoms with Crippen LogP contribution in [0, 0.1) is 11.3 Å². The summed E-state index contributed by atoms with van der Waals surface area (Å²) >= 11 is 1.75. The molecule has 4 heteroatoms. The van der Waals surface area contributed by atoms with E-state index in [4.69, 9.17) is 9.68 Å². The smallest absolute Gasteiger partial charge is 0.118 e. The van der Waals surface area contributed by atoms with Crippen LogP contribution < -0.4 is 5.32 Å². The molecule has 1 atom stereocenters. The molecule has 0 aliphatic rings. The van der Waals surface area contributed by atoms with Gasteiger partial charge in [0.25, 0.3) is 0 Å². The minimum Gasteiger partial charge on any atom is -0.464 e. The number of hydrogen-bond acceptors (Lipinski definition) is 4. The van der Waals surface area contributed by atoms with Crippen LogP contribution in [0.25, 0.3) is 0 Å². The predicted octanol–water partition coefficient (Wildman–Crippen LogP) is 3.87. The van der Waals surface area contributed by atoms with Gasteiger partial charge in [-0.2, -0.15) is 17.0 Å². The number of nitrogens with one attached hydrogen (secondary N) is 1. The highest BCUT2D eigenvalue weighted by molar-refractivity contribution is 7.97. The Morgan fingerprint density at radius 3 is 2.55 bits per heavy atom. The Labute approximate surface area is 124 Å². The van der Waals surface area contributed by atoms with Gasteiger partial charge in [0.1, 0.15) is 11.5 Å². The molecule has 0 fully saturated rings. The Morgan fingerprint density at radius 1 is 1.20 bits per heavy atom. The second-order valence-corrected chi connectivity index (χ2v) is 5.50. The van der Waals surface area contributed by atoms with E-state index in [9.17, 15) is 0 Å². The highest BCUT2D eigenvalue weighted by Gasteiger charge is 2.07. The van der Waals surface area contributed by atoms with Crippen LogP contribution in [-0.4, -0.2) is 6.26 Å². The molecule has 1 aromatic carbocycles. The van der Waals surface area contributed by atoms with Crippen LogP contribution in [0.2, 0.25) is 0 Å². The molecule has 0 bridgehead atoms. The molecule has 0 spiro atoms. The zero-order valence-corrected chi connectivity index (χ0v) is 12.5. The first-order chi connectivity index (χ1) is 9.72. The van der Waals surface area contributed by atoms with Gasteiger partial charge in [-0.25, -0.2) is 0 Å². The molecule has 2 aromatic rings. The summed E-state index contributed by atoms with van der Waals surface area (Å²) in [6.45, 7) is 2.81. The van der Waals surface area contributed by atoms with E-state index in [1.807, 2.05) is 36.4 Å². The number of nitriles is 1. The van der Waals surface area contributed by atoms with Crippen LogP contribution >= 0.6 is 11.8 Å². The third-order valence-corrected chi connectivity index (χ3v) is 3.70. The summed E-state index contributed by atoms with van der Waals surface area (Å²) in [5.74, 6) is 2.88. The molecule has 0 saturated heterocycles. The summed E-state index contributed by atoms with van der Waals surface area (Å²) in [6.07, 6.45) is 2.06. The van der Waals surface area contributed by atoms with Crippen molar-refractivity contribution in [3.05, 3.63) is 59.0 Å². The van der Waals surface area contributed by atoms with Gasteiger partial charge < -0.3 is 9.73 Å². The molecule has 1 heterocycles. The van der Waals surface area contributed by atoms with Crippen molar-refractivity contribution in [1.29, 1.82) is 5.26 Å². The number of nitrogens with zero attached hydrogens (tertiary/aromatic N) is 1. The van der Waals surface area contributed by atoms with E-state index in [-0.39, 0.29) is 6.04 Å². The molecule has 2 rings (SSSR count). The molecule has 1 unspecified atom stereocenters. The predicted molar refractivity (Wildman–Crippen MR) is 82.3 cm³/mol. The van der Waals surface area contributed by atoms with Crippen molar-refractivity contribution in [2.45, 2.75) is 25.3 Å². The second kappa shape index (κ2) is 7.18. The summed E-state index contributed by atoms with van der Waals surface area (Å²) in [5, 5.41) is 12.2. The van der Waals surface area contributed by atoms with E-state index in [1.165, 1.54) is 5.56 Å². The lowest BCUT2D eigenvalue weighted by atomic mass is 10.1. The molecule has 1 N–H and O–H groups in total. The van der Waals surface area contributed by atoms with Crippen molar-refractivity contribution < 1.29 is 4.42 Å². The Balaban J connectivity index is 1.90. The molecule has 0 aliphatic heterocycles. The van der Waals surface area contributed by atoms with Gasteiger partial charge in [-0.05, 0) is 43.0 Å². The van der Waals surface area contributed by atoms with Crippen molar-refractivity contribution in [3.8, 4) is 6.07 Å². The molecule has 0 saturated carbocycles. The molecule has 0 amide bonds. The lowest BCUT2D eigenvalue weighted by molar-refractivity contribution is 0.442. The zero-order chi connectivity index (χ0) is 14.4. The van der Waals surface area contributed by atoms with Crippen LogP contribution in [0.5, 0.6) is 0 Å². The number of hydrogen-bond donors (Lipinski definition) is 1. The van der Waals surface area contributed by atoms with E-state index in [0.29, 0.717) is 12.1 Å². The van der Waals surface area contributed by atoms with Crippen LogP contribution in [0.15, 0.2) is 40.8 Å². The summed E-state index contributed by atoms with van der Waals surface area (Å²) in [6, 6.07) is 14.0. The van der Waals surface area contributed by atoms with Gasteiger partial charge in [-0.3, -0.25) is 0 Å². The molecule has 0 aliphatic carbocycles. The minimum absolute atomic E-state index is 0.219. The Kier molecular flexibility index (Phi) is 5.28. The van der Waals surface area contributed by atoms with E-state index >= 15 is 0 Å². The fraction of sp³-hybridized carbons (Fsp3) is 0.312.